The Hall–Kier alpha value is -3.49. The van der Waals surface area contributed by atoms with Gasteiger partial charge in [0.05, 0.1) is 30.1 Å². The van der Waals surface area contributed by atoms with E-state index >= 15 is 4.79 Å². The Morgan fingerprint density at radius 2 is 1.79 bits per heavy atom. The highest BCUT2D eigenvalue weighted by Crippen LogP contribution is 2.65. The van der Waals surface area contributed by atoms with Crippen LogP contribution in [0.25, 0.3) is 10.8 Å². The van der Waals surface area contributed by atoms with Gasteiger partial charge in [-0.3, -0.25) is 14.4 Å². The maximum Gasteiger partial charge on any atom is 0.253 e. The lowest BCUT2D eigenvalue weighted by atomic mass is 9.64. The van der Waals surface area contributed by atoms with Gasteiger partial charge in [0, 0.05) is 25.8 Å². The number of carbonyl (C=O) groups is 3. The van der Waals surface area contributed by atoms with Crippen molar-refractivity contribution in [3.8, 4) is 0 Å². The van der Waals surface area contributed by atoms with Crippen LogP contribution in [0.5, 0.6) is 0 Å². The molecule has 2 aromatic rings. The Bertz CT molecular complexity index is 1430. The molecule has 43 heavy (non-hydrogen) atoms. The fourth-order valence-corrected chi connectivity index (χ4v) is 7.95. The molecule has 3 aliphatic heterocycles. The van der Waals surface area contributed by atoms with Gasteiger partial charge >= 0.3 is 0 Å². The fourth-order valence-electron chi connectivity index (χ4n) is 7.95. The number of hydrogen-bond acceptors (Lipinski definition) is 5. The molecule has 8 nitrogen and oxygen atoms in total. The predicted octanol–water partition coefficient (Wildman–Crippen LogP) is 4.57. The summed E-state index contributed by atoms with van der Waals surface area (Å²) in [7, 11) is 1.72. The average molecular weight is 588 g/mol. The molecule has 2 unspecified atom stereocenters. The number of nitrogens with zero attached hydrogens (tertiary/aromatic N) is 3. The van der Waals surface area contributed by atoms with E-state index in [2.05, 4.69) is 13.2 Å². The summed E-state index contributed by atoms with van der Waals surface area (Å²) in [6, 6.07) is 12.2. The number of anilines is 1. The second kappa shape index (κ2) is 11.9. The fraction of sp³-hybridized carbons (Fsp3) is 0.514. The number of benzene rings is 2. The van der Waals surface area contributed by atoms with Crippen LogP contribution < -0.4 is 4.90 Å². The normalized spacial score (nSPS) is 28.9. The van der Waals surface area contributed by atoms with Crippen LogP contribution in [0, 0.1) is 17.8 Å². The Labute approximate surface area is 255 Å². The van der Waals surface area contributed by atoms with Gasteiger partial charge in [-0.15, -0.1) is 13.2 Å². The van der Waals surface area contributed by atoms with Crippen LogP contribution in [0.1, 0.15) is 46.5 Å². The number of likely N-dealkylation sites (N-methyl/N-ethyl adjacent to an activating group) is 1. The van der Waals surface area contributed by atoms with E-state index in [1.807, 2.05) is 63.2 Å². The van der Waals surface area contributed by atoms with Crippen molar-refractivity contribution in [3.05, 3.63) is 67.8 Å². The molecule has 3 heterocycles. The number of aliphatic hydroxyl groups is 1. The van der Waals surface area contributed by atoms with Crippen LogP contribution in [-0.2, 0) is 19.1 Å². The van der Waals surface area contributed by atoms with E-state index in [0.717, 1.165) is 10.8 Å². The molecular weight excluding hydrogens is 542 g/mol. The first kappa shape index (κ1) is 31.0. The van der Waals surface area contributed by atoms with E-state index in [1.54, 1.807) is 33.9 Å². The first-order chi connectivity index (χ1) is 20.6. The van der Waals surface area contributed by atoms with Crippen molar-refractivity contribution in [3.63, 3.8) is 0 Å². The minimum atomic E-state index is -1.18. The molecule has 2 aromatic carbocycles. The van der Waals surface area contributed by atoms with Gasteiger partial charge in [0.1, 0.15) is 11.6 Å². The van der Waals surface area contributed by atoms with Crippen LogP contribution in [0.3, 0.4) is 0 Å². The minimum absolute atomic E-state index is 0.0806. The molecule has 3 fully saturated rings. The lowest BCUT2D eigenvalue weighted by Crippen LogP contribution is -2.60. The van der Waals surface area contributed by atoms with Crippen LogP contribution in [0.2, 0.25) is 0 Å². The smallest absolute Gasteiger partial charge is 0.253 e. The van der Waals surface area contributed by atoms with E-state index in [-0.39, 0.29) is 36.8 Å². The molecule has 0 aromatic heterocycles. The van der Waals surface area contributed by atoms with Crippen LogP contribution >= 0.6 is 0 Å². The molecule has 3 amide bonds. The summed E-state index contributed by atoms with van der Waals surface area (Å²) in [5, 5.41) is 12.7. The summed E-state index contributed by atoms with van der Waals surface area (Å²) in [4.78, 5) is 48.6. The molecule has 3 aliphatic rings. The van der Waals surface area contributed by atoms with Crippen LogP contribution in [0.15, 0.2) is 67.8 Å². The number of fused-ring (bicyclic) bond motifs is 2. The number of rotatable bonds is 12. The largest absolute Gasteiger partial charge is 0.394 e. The third-order valence-electron chi connectivity index (χ3n) is 10.4. The van der Waals surface area contributed by atoms with Crippen LogP contribution in [-0.4, -0.2) is 82.7 Å². The molecule has 5 rings (SSSR count). The Balaban J connectivity index is 1.67. The average Bonchev–Trinajstić information content (AvgIpc) is 3.63. The Morgan fingerprint density at radius 1 is 1.09 bits per heavy atom. The van der Waals surface area contributed by atoms with Gasteiger partial charge in [0.25, 0.3) is 5.91 Å². The molecule has 230 valence electrons. The minimum Gasteiger partial charge on any atom is -0.394 e. The molecule has 7 atom stereocenters. The van der Waals surface area contributed by atoms with Crippen molar-refractivity contribution in [1.82, 2.24) is 9.80 Å². The zero-order chi connectivity index (χ0) is 31.1. The highest BCUT2D eigenvalue weighted by molar-refractivity contribution is 6.06. The molecule has 0 saturated carbocycles. The second-order valence-corrected chi connectivity index (χ2v) is 12.5. The van der Waals surface area contributed by atoms with Crippen molar-refractivity contribution in [2.75, 3.05) is 31.6 Å². The second-order valence-electron chi connectivity index (χ2n) is 12.5. The van der Waals surface area contributed by atoms with E-state index in [9.17, 15) is 14.7 Å². The van der Waals surface area contributed by atoms with Gasteiger partial charge in [-0.05, 0) is 48.1 Å². The number of hydrogen-bond donors (Lipinski definition) is 1. The summed E-state index contributed by atoms with van der Waals surface area (Å²) in [6.45, 7) is 14.0. The molecular formula is C35H45N3O5. The summed E-state index contributed by atoms with van der Waals surface area (Å²) < 4.78 is 6.97. The SMILES string of the molecule is C=CCN(C)C(=O)[C@H]1[C@H]2C(=O)N([C@@H](CO)[C@@H](C)CC)C(C(=O)N(CC=C)c3ccc4ccccc4c3)C23CC[C@]1(CC)O3. The maximum absolute atomic E-state index is 15.0. The lowest BCUT2D eigenvalue weighted by molar-refractivity contribution is -0.154. The highest BCUT2D eigenvalue weighted by Gasteiger charge is 2.79. The molecule has 0 aliphatic carbocycles. The van der Waals surface area contributed by atoms with Crippen molar-refractivity contribution >= 4 is 34.2 Å². The predicted molar refractivity (Wildman–Crippen MR) is 168 cm³/mol. The molecule has 0 radical (unpaired) electrons. The summed E-state index contributed by atoms with van der Waals surface area (Å²) in [5.41, 5.74) is -1.33. The van der Waals surface area contributed by atoms with E-state index in [0.29, 0.717) is 37.9 Å². The Morgan fingerprint density at radius 3 is 2.42 bits per heavy atom. The van der Waals surface area contributed by atoms with Crippen molar-refractivity contribution in [2.24, 2.45) is 17.8 Å². The number of amides is 3. The highest BCUT2D eigenvalue weighted by atomic mass is 16.5. The Kier molecular flexibility index (Phi) is 8.56. The summed E-state index contributed by atoms with van der Waals surface area (Å²) in [6.07, 6.45) is 5.66. The number of ether oxygens (including phenoxy) is 1. The van der Waals surface area contributed by atoms with Crippen LogP contribution in [0.4, 0.5) is 5.69 Å². The van der Waals surface area contributed by atoms with E-state index in [4.69, 9.17) is 4.74 Å². The summed E-state index contributed by atoms with van der Waals surface area (Å²) >= 11 is 0. The first-order valence-electron chi connectivity index (χ1n) is 15.5. The van der Waals surface area contributed by atoms with Crippen molar-refractivity contribution in [1.29, 1.82) is 0 Å². The topological polar surface area (TPSA) is 90.4 Å². The molecule has 3 saturated heterocycles. The molecule has 2 bridgehead atoms. The van der Waals surface area contributed by atoms with E-state index in [1.165, 1.54) is 0 Å². The van der Waals surface area contributed by atoms with Gasteiger partial charge in [-0.25, -0.2) is 0 Å². The van der Waals surface area contributed by atoms with Gasteiger partial charge in [0.2, 0.25) is 11.8 Å². The molecule has 1 N–H and O–H groups in total. The zero-order valence-electron chi connectivity index (χ0n) is 25.9. The quantitative estimate of drug-likeness (QED) is 0.368. The first-order valence-corrected chi connectivity index (χ1v) is 15.5. The van der Waals surface area contributed by atoms with Gasteiger partial charge in [-0.1, -0.05) is 69.7 Å². The van der Waals surface area contributed by atoms with Gasteiger partial charge in [-0.2, -0.15) is 0 Å². The van der Waals surface area contributed by atoms with Crippen molar-refractivity contribution < 1.29 is 24.2 Å². The van der Waals surface area contributed by atoms with Gasteiger partial charge < -0.3 is 24.5 Å². The number of likely N-dealkylation sites (tertiary alicyclic amines) is 1. The standard InChI is InChI=1S/C35H45N3O5/c1-7-19-36(6)31(40)28-29-32(41)38(27(22-39)23(5)9-3)30(35(29)18-17-34(28,10-4)43-35)33(42)37(20-8-2)26-16-15-24-13-11-12-14-25(24)21-26/h7-8,11-16,21,23,27-30,39H,1-2,9-10,17-20,22H2,3-6H3/t23-,27-,28+,29-,30?,34-,35?/m0/s1. The van der Waals surface area contributed by atoms with E-state index < -0.39 is 35.1 Å². The van der Waals surface area contributed by atoms with Gasteiger partial charge in [0.15, 0.2) is 0 Å². The third kappa shape index (κ3) is 4.70. The zero-order valence-corrected chi connectivity index (χ0v) is 25.9. The maximum atomic E-state index is 15.0. The molecule has 8 heteroatoms. The third-order valence-corrected chi connectivity index (χ3v) is 10.4. The molecule has 1 spiro atoms. The summed E-state index contributed by atoms with van der Waals surface area (Å²) in [5.74, 6) is -2.37. The lowest BCUT2D eigenvalue weighted by Gasteiger charge is -2.41. The monoisotopic (exact) mass is 587 g/mol. The number of carbonyl (C=O) groups excluding carboxylic acids is 3. The van der Waals surface area contributed by atoms with Crippen molar-refractivity contribution in [2.45, 2.75) is 69.7 Å². The number of aliphatic hydroxyl groups excluding tert-OH is 1.